The molecule has 0 saturated heterocycles. The fourth-order valence-electron chi connectivity index (χ4n) is 1.97. The second-order valence-corrected chi connectivity index (χ2v) is 4.73. The van der Waals surface area contributed by atoms with E-state index in [1.165, 1.54) is 0 Å². The number of benzene rings is 1. The average molecular weight is 226 g/mol. The quantitative estimate of drug-likeness (QED) is 0.830. The third-order valence-corrected chi connectivity index (χ3v) is 3.41. The Morgan fingerprint density at radius 2 is 2.13 bits per heavy atom. The molecule has 0 spiro atoms. The predicted molar refractivity (Wildman–Crippen MR) is 61.8 cm³/mol. The van der Waals surface area contributed by atoms with Crippen LogP contribution in [0, 0.1) is 12.8 Å². The van der Waals surface area contributed by atoms with E-state index in [1.54, 1.807) is 0 Å². The minimum absolute atomic E-state index is 0.355. The van der Waals surface area contributed by atoms with E-state index in [4.69, 9.17) is 17.3 Å². The van der Waals surface area contributed by atoms with Gasteiger partial charge < -0.3 is 10.8 Å². The maximum absolute atomic E-state index is 9.98. The van der Waals surface area contributed by atoms with Gasteiger partial charge in [-0.15, -0.1) is 0 Å². The maximum atomic E-state index is 9.98. The summed E-state index contributed by atoms with van der Waals surface area (Å²) in [4.78, 5) is 0. The van der Waals surface area contributed by atoms with Crippen LogP contribution < -0.4 is 5.73 Å². The van der Waals surface area contributed by atoms with E-state index >= 15 is 0 Å². The predicted octanol–water partition coefficient (Wildman–Crippen LogP) is 2.42. The molecule has 2 atom stereocenters. The number of hydrogen-bond donors (Lipinski definition) is 2. The van der Waals surface area contributed by atoms with E-state index in [0.717, 1.165) is 24.0 Å². The summed E-state index contributed by atoms with van der Waals surface area (Å²) in [6.45, 7) is 1.97. The number of hydrogen-bond acceptors (Lipinski definition) is 2. The first-order valence-electron chi connectivity index (χ1n) is 5.30. The monoisotopic (exact) mass is 225 g/mol. The lowest BCUT2D eigenvalue weighted by atomic mass is 9.95. The van der Waals surface area contributed by atoms with Crippen molar-refractivity contribution in [2.75, 3.05) is 0 Å². The summed E-state index contributed by atoms with van der Waals surface area (Å²) >= 11 is 6.10. The molecule has 2 nitrogen and oxygen atoms in total. The normalized spacial score (nSPS) is 20.0. The highest BCUT2D eigenvalue weighted by molar-refractivity contribution is 6.31. The molecule has 3 heteroatoms. The van der Waals surface area contributed by atoms with Crippen LogP contribution in [-0.4, -0.2) is 11.2 Å². The van der Waals surface area contributed by atoms with Crippen LogP contribution >= 0.6 is 11.6 Å². The summed E-state index contributed by atoms with van der Waals surface area (Å²) in [5.41, 5.74) is 7.98. The Labute approximate surface area is 95.1 Å². The molecule has 0 radical (unpaired) electrons. The van der Waals surface area contributed by atoms with Crippen LogP contribution in [-0.2, 0) is 0 Å². The lowest BCUT2D eigenvalue weighted by Crippen LogP contribution is -2.28. The largest absolute Gasteiger partial charge is 0.391 e. The molecule has 1 aliphatic carbocycles. The van der Waals surface area contributed by atoms with Gasteiger partial charge in [-0.25, -0.2) is 0 Å². The van der Waals surface area contributed by atoms with Crippen molar-refractivity contribution in [1.29, 1.82) is 0 Å². The second-order valence-electron chi connectivity index (χ2n) is 4.32. The molecule has 1 fully saturated rings. The zero-order chi connectivity index (χ0) is 11.0. The lowest BCUT2D eigenvalue weighted by molar-refractivity contribution is 0.122. The lowest BCUT2D eigenvalue weighted by Gasteiger charge is -2.21. The third-order valence-electron chi connectivity index (χ3n) is 3.08. The van der Waals surface area contributed by atoms with Gasteiger partial charge >= 0.3 is 0 Å². The molecule has 0 amide bonds. The first-order chi connectivity index (χ1) is 7.11. The van der Waals surface area contributed by atoms with Gasteiger partial charge in [0.15, 0.2) is 0 Å². The van der Waals surface area contributed by atoms with E-state index in [9.17, 15) is 5.11 Å². The minimum Gasteiger partial charge on any atom is -0.391 e. The summed E-state index contributed by atoms with van der Waals surface area (Å²) in [6, 6.07) is 5.34. The standard InChI is InChI=1S/C12H16ClNO/c1-7-3-2-4-9(13)10(7)11(14)12(15)8-5-6-8/h2-4,8,11-12,15H,5-6,14H2,1H3/t11-,12+/m1/s1. The third kappa shape index (κ3) is 2.17. The molecule has 3 N–H and O–H groups in total. The Morgan fingerprint density at radius 1 is 1.47 bits per heavy atom. The minimum atomic E-state index is -0.455. The van der Waals surface area contributed by atoms with Crippen molar-refractivity contribution in [1.82, 2.24) is 0 Å². The van der Waals surface area contributed by atoms with Gasteiger partial charge in [-0.05, 0) is 42.9 Å². The van der Waals surface area contributed by atoms with E-state index in [-0.39, 0.29) is 6.04 Å². The van der Waals surface area contributed by atoms with E-state index in [0.29, 0.717) is 10.9 Å². The summed E-state index contributed by atoms with van der Waals surface area (Å²) in [6.07, 6.45) is 1.71. The van der Waals surface area contributed by atoms with E-state index < -0.39 is 6.10 Å². The maximum Gasteiger partial charge on any atom is 0.0761 e. The highest BCUT2D eigenvalue weighted by Crippen LogP contribution is 2.39. The van der Waals surface area contributed by atoms with Crippen molar-refractivity contribution in [2.45, 2.75) is 31.9 Å². The van der Waals surface area contributed by atoms with Crippen LogP contribution in [0.1, 0.15) is 30.0 Å². The second kappa shape index (κ2) is 4.12. The highest BCUT2D eigenvalue weighted by Gasteiger charge is 2.35. The van der Waals surface area contributed by atoms with Crippen LogP contribution in [0.5, 0.6) is 0 Å². The van der Waals surface area contributed by atoms with Crippen LogP contribution in [0.15, 0.2) is 18.2 Å². The van der Waals surface area contributed by atoms with Crippen molar-refractivity contribution in [2.24, 2.45) is 11.7 Å². The zero-order valence-corrected chi connectivity index (χ0v) is 9.54. The number of aliphatic hydroxyl groups excluding tert-OH is 1. The molecule has 0 aromatic heterocycles. The molecule has 82 valence electrons. The van der Waals surface area contributed by atoms with Gasteiger partial charge in [-0.2, -0.15) is 0 Å². The number of nitrogens with two attached hydrogens (primary N) is 1. The summed E-state index contributed by atoms with van der Waals surface area (Å²) in [5.74, 6) is 0.371. The number of halogens is 1. The average Bonchev–Trinajstić information content (AvgIpc) is 2.99. The number of rotatable bonds is 3. The number of aryl methyl sites for hydroxylation is 1. The van der Waals surface area contributed by atoms with Gasteiger partial charge in [-0.3, -0.25) is 0 Å². The Hall–Kier alpha value is -0.570. The molecule has 0 bridgehead atoms. The first-order valence-corrected chi connectivity index (χ1v) is 5.67. The number of aliphatic hydroxyl groups is 1. The molecule has 2 rings (SSSR count). The Bertz CT molecular complexity index is 342. The van der Waals surface area contributed by atoms with Crippen molar-refractivity contribution in [3.8, 4) is 0 Å². The highest BCUT2D eigenvalue weighted by atomic mass is 35.5. The van der Waals surface area contributed by atoms with Gasteiger partial charge in [0.05, 0.1) is 12.1 Å². The van der Waals surface area contributed by atoms with Crippen LogP contribution in [0.3, 0.4) is 0 Å². The first kappa shape index (κ1) is 10.9. The van der Waals surface area contributed by atoms with Gasteiger partial charge in [0, 0.05) is 5.02 Å². The molecule has 1 aromatic carbocycles. The van der Waals surface area contributed by atoms with Gasteiger partial charge in [0.2, 0.25) is 0 Å². The summed E-state index contributed by atoms with van der Waals surface area (Å²) in [7, 11) is 0. The van der Waals surface area contributed by atoms with Crippen LogP contribution in [0.4, 0.5) is 0 Å². The molecule has 1 saturated carbocycles. The molecule has 15 heavy (non-hydrogen) atoms. The zero-order valence-electron chi connectivity index (χ0n) is 8.78. The summed E-state index contributed by atoms with van der Waals surface area (Å²) < 4.78 is 0. The Balaban J connectivity index is 2.27. The molecule has 0 unspecified atom stereocenters. The Morgan fingerprint density at radius 3 is 2.67 bits per heavy atom. The fourth-order valence-corrected chi connectivity index (χ4v) is 2.32. The smallest absolute Gasteiger partial charge is 0.0761 e. The van der Waals surface area contributed by atoms with E-state index in [1.807, 2.05) is 25.1 Å². The van der Waals surface area contributed by atoms with Crippen molar-refractivity contribution in [3.63, 3.8) is 0 Å². The van der Waals surface area contributed by atoms with Crippen molar-refractivity contribution in [3.05, 3.63) is 34.3 Å². The van der Waals surface area contributed by atoms with Crippen LogP contribution in [0.25, 0.3) is 0 Å². The molecule has 0 aliphatic heterocycles. The van der Waals surface area contributed by atoms with E-state index in [2.05, 4.69) is 0 Å². The van der Waals surface area contributed by atoms with Crippen molar-refractivity contribution >= 4 is 11.6 Å². The summed E-state index contributed by atoms with van der Waals surface area (Å²) in [5, 5.41) is 10.6. The topological polar surface area (TPSA) is 46.2 Å². The fraction of sp³-hybridized carbons (Fsp3) is 0.500. The van der Waals surface area contributed by atoms with Gasteiger partial charge in [-0.1, -0.05) is 23.7 Å². The molecule has 1 aliphatic rings. The molecular formula is C12H16ClNO. The van der Waals surface area contributed by atoms with Gasteiger partial charge in [0.25, 0.3) is 0 Å². The SMILES string of the molecule is Cc1cccc(Cl)c1[C@@H](N)[C@@H](O)C1CC1. The van der Waals surface area contributed by atoms with Crippen molar-refractivity contribution < 1.29 is 5.11 Å². The molecule has 1 aromatic rings. The molecule has 0 heterocycles. The van der Waals surface area contributed by atoms with Crippen LogP contribution in [0.2, 0.25) is 5.02 Å². The van der Waals surface area contributed by atoms with Gasteiger partial charge in [0.1, 0.15) is 0 Å². The molecular weight excluding hydrogens is 210 g/mol. The Kier molecular flexibility index (Phi) is 3.01.